The third kappa shape index (κ3) is 4.01. The van der Waals surface area contributed by atoms with Crippen LogP contribution in [0, 0.1) is 0 Å². The molecule has 2 rings (SSSR count). The number of ether oxygens (including phenoxy) is 1. The van der Waals surface area contributed by atoms with Crippen molar-refractivity contribution in [2.45, 2.75) is 17.4 Å². The quantitative estimate of drug-likeness (QED) is 0.813. The molecule has 0 aliphatic heterocycles. The molecule has 0 saturated heterocycles. The highest BCUT2D eigenvalue weighted by molar-refractivity contribution is 7.89. The zero-order valence-corrected chi connectivity index (χ0v) is 12.6. The molecule has 5 nitrogen and oxygen atoms in total. The maximum Gasteiger partial charge on any atom is 0.240 e. The maximum absolute atomic E-state index is 12.4. The zero-order chi connectivity index (χ0) is 15.3. The standard InChI is InChI=1S/C15H19NO4S/c1-20-11-14(8-9-17)16-21(18,19)15-7-6-12-4-2-3-5-13(12)10-15/h2-7,10,14,16-17H,8-9,11H2,1H3. The lowest BCUT2D eigenvalue weighted by Crippen LogP contribution is -2.38. The molecule has 0 aromatic heterocycles. The van der Waals surface area contributed by atoms with E-state index in [2.05, 4.69) is 4.72 Å². The van der Waals surface area contributed by atoms with Crippen molar-refractivity contribution in [1.29, 1.82) is 0 Å². The molecule has 1 atom stereocenters. The lowest BCUT2D eigenvalue weighted by atomic mass is 10.1. The van der Waals surface area contributed by atoms with E-state index in [0.29, 0.717) is 6.42 Å². The minimum absolute atomic E-state index is 0.103. The Morgan fingerprint density at radius 2 is 1.90 bits per heavy atom. The summed E-state index contributed by atoms with van der Waals surface area (Å²) >= 11 is 0. The van der Waals surface area contributed by atoms with Crippen molar-refractivity contribution in [3.05, 3.63) is 42.5 Å². The van der Waals surface area contributed by atoms with Crippen LogP contribution in [-0.4, -0.2) is 39.9 Å². The molecule has 0 bridgehead atoms. The molecule has 21 heavy (non-hydrogen) atoms. The van der Waals surface area contributed by atoms with Gasteiger partial charge in [0.25, 0.3) is 0 Å². The van der Waals surface area contributed by atoms with Gasteiger partial charge in [0.05, 0.1) is 11.5 Å². The number of methoxy groups -OCH3 is 1. The van der Waals surface area contributed by atoms with Gasteiger partial charge in [0.2, 0.25) is 10.0 Å². The van der Waals surface area contributed by atoms with Crippen LogP contribution in [-0.2, 0) is 14.8 Å². The number of hydrogen-bond acceptors (Lipinski definition) is 4. The summed E-state index contributed by atoms with van der Waals surface area (Å²) in [6, 6.07) is 12.1. The van der Waals surface area contributed by atoms with Crippen molar-refractivity contribution in [1.82, 2.24) is 4.72 Å². The highest BCUT2D eigenvalue weighted by Gasteiger charge is 2.20. The van der Waals surface area contributed by atoms with Gasteiger partial charge < -0.3 is 9.84 Å². The van der Waals surface area contributed by atoms with Gasteiger partial charge in [-0.15, -0.1) is 0 Å². The van der Waals surface area contributed by atoms with Gasteiger partial charge in [-0.05, 0) is 29.3 Å². The number of benzene rings is 2. The fraction of sp³-hybridized carbons (Fsp3) is 0.333. The molecule has 1 unspecified atom stereocenters. The molecule has 0 aliphatic rings. The minimum atomic E-state index is -3.64. The second-order valence-corrected chi connectivity index (χ2v) is 6.51. The number of hydrogen-bond donors (Lipinski definition) is 2. The summed E-state index contributed by atoms with van der Waals surface area (Å²) in [6.07, 6.45) is 0.306. The summed E-state index contributed by atoms with van der Waals surface area (Å²) < 4.78 is 32.3. The van der Waals surface area contributed by atoms with Crippen molar-refractivity contribution in [3.63, 3.8) is 0 Å². The van der Waals surface area contributed by atoms with Crippen molar-refractivity contribution in [2.75, 3.05) is 20.3 Å². The molecule has 0 aliphatic carbocycles. The van der Waals surface area contributed by atoms with Gasteiger partial charge in [0.15, 0.2) is 0 Å². The molecule has 2 N–H and O–H groups in total. The van der Waals surface area contributed by atoms with E-state index >= 15 is 0 Å². The van der Waals surface area contributed by atoms with Crippen LogP contribution < -0.4 is 4.72 Å². The Morgan fingerprint density at radius 1 is 1.19 bits per heavy atom. The Morgan fingerprint density at radius 3 is 2.57 bits per heavy atom. The number of aliphatic hydroxyl groups is 1. The molecular weight excluding hydrogens is 290 g/mol. The molecule has 6 heteroatoms. The highest BCUT2D eigenvalue weighted by Crippen LogP contribution is 2.19. The average Bonchev–Trinajstić information content (AvgIpc) is 2.47. The number of nitrogens with one attached hydrogen (secondary N) is 1. The topological polar surface area (TPSA) is 75.6 Å². The van der Waals surface area contributed by atoms with Crippen LogP contribution in [0.5, 0.6) is 0 Å². The van der Waals surface area contributed by atoms with Gasteiger partial charge in [0.1, 0.15) is 0 Å². The van der Waals surface area contributed by atoms with E-state index in [4.69, 9.17) is 9.84 Å². The summed E-state index contributed by atoms with van der Waals surface area (Å²) in [4.78, 5) is 0.209. The second-order valence-electron chi connectivity index (χ2n) is 4.79. The SMILES string of the molecule is COCC(CCO)NS(=O)(=O)c1ccc2ccccc2c1. The largest absolute Gasteiger partial charge is 0.396 e. The molecule has 2 aromatic rings. The van der Waals surface area contributed by atoms with Crippen molar-refractivity contribution < 1.29 is 18.3 Å². The van der Waals surface area contributed by atoms with E-state index in [0.717, 1.165) is 10.8 Å². The van der Waals surface area contributed by atoms with E-state index < -0.39 is 16.1 Å². The van der Waals surface area contributed by atoms with E-state index in [-0.39, 0.29) is 18.1 Å². The van der Waals surface area contributed by atoms with Crippen molar-refractivity contribution in [2.24, 2.45) is 0 Å². The van der Waals surface area contributed by atoms with Crippen LogP contribution in [0.4, 0.5) is 0 Å². The van der Waals surface area contributed by atoms with Gasteiger partial charge in [-0.3, -0.25) is 0 Å². The lowest BCUT2D eigenvalue weighted by molar-refractivity contribution is 0.158. The summed E-state index contributed by atoms with van der Waals surface area (Å²) in [5, 5.41) is 10.8. The Bertz CT molecular complexity index is 694. The molecule has 0 radical (unpaired) electrons. The van der Waals surface area contributed by atoms with E-state index in [9.17, 15) is 8.42 Å². The Labute approximate surface area is 124 Å². The van der Waals surface area contributed by atoms with Crippen LogP contribution in [0.3, 0.4) is 0 Å². The average molecular weight is 309 g/mol. The van der Waals surface area contributed by atoms with Crippen LogP contribution >= 0.6 is 0 Å². The first kappa shape index (κ1) is 15.9. The maximum atomic E-state index is 12.4. The number of rotatable bonds is 7. The Hall–Kier alpha value is -1.47. The van der Waals surface area contributed by atoms with Crippen molar-refractivity contribution >= 4 is 20.8 Å². The molecule has 0 saturated carbocycles. The third-order valence-electron chi connectivity index (χ3n) is 3.20. The van der Waals surface area contributed by atoms with E-state index in [1.54, 1.807) is 18.2 Å². The summed E-state index contributed by atoms with van der Waals surface area (Å²) in [6.45, 7) is 0.113. The Balaban J connectivity index is 2.27. The number of sulfonamides is 1. The molecule has 2 aromatic carbocycles. The van der Waals surface area contributed by atoms with Crippen LogP contribution in [0.2, 0.25) is 0 Å². The van der Waals surface area contributed by atoms with E-state index in [1.165, 1.54) is 7.11 Å². The fourth-order valence-electron chi connectivity index (χ4n) is 2.16. The first-order chi connectivity index (χ1) is 10.1. The van der Waals surface area contributed by atoms with E-state index in [1.807, 2.05) is 24.3 Å². The van der Waals surface area contributed by atoms with Gasteiger partial charge >= 0.3 is 0 Å². The highest BCUT2D eigenvalue weighted by atomic mass is 32.2. The zero-order valence-electron chi connectivity index (χ0n) is 11.8. The monoisotopic (exact) mass is 309 g/mol. The number of fused-ring (bicyclic) bond motifs is 1. The first-order valence-electron chi connectivity index (χ1n) is 6.68. The molecule has 0 spiro atoms. The molecule has 0 amide bonds. The van der Waals surface area contributed by atoms with Crippen LogP contribution in [0.25, 0.3) is 10.8 Å². The summed E-state index contributed by atoms with van der Waals surface area (Å²) in [7, 11) is -2.14. The van der Waals surface area contributed by atoms with Gasteiger partial charge in [-0.25, -0.2) is 13.1 Å². The smallest absolute Gasteiger partial charge is 0.240 e. The second kappa shape index (κ2) is 7.00. The van der Waals surface area contributed by atoms with Crippen molar-refractivity contribution in [3.8, 4) is 0 Å². The van der Waals surface area contributed by atoms with Gasteiger partial charge in [0, 0.05) is 19.8 Å². The van der Waals surface area contributed by atoms with Crippen LogP contribution in [0.15, 0.2) is 47.4 Å². The molecule has 0 heterocycles. The molecule has 114 valence electrons. The minimum Gasteiger partial charge on any atom is -0.396 e. The van der Waals surface area contributed by atoms with Gasteiger partial charge in [-0.1, -0.05) is 30.3 Å². The van der Waals surface area contributed by atoms with Crippen LogP contribution in [0.1, 0.15) is 6.42 Å². The molecular formula is C15H19NO4S. The molecule has 0 fully saturated rings. The van der Waals surface area contributed by atoms with Gasteiger partial charge in [-0.2, -0.15) is 0 Å². The third-order valence-corrected chi connectivity index (χ3v) is 4.72. The lowest BCUT2D eigenvalue weighted by Gasteiger charge is -2.17. The Kier molecular flexibility index (Phi) is 5.30. The fourth-order valence-corrected chi connectivity index (χ4v) is 3.45. The predicted octanol–water partition coefficient (Wildman–Crippen LogP) is 1.52. The summed E-state index contributed by atoms with van der Waals surface area (Å²) in [5.41, 5.74) is 0. The predicted molar refractivity (Wildman–Crippen MR) is 81.6 cm³/mol. The number of aliphatic hydroxyl groups excluding tert-OH is 1. The summed E-state index contributed by atoms with van der Waals surface area (Å²) in [5.74, 6) is 0. The first-order valence-corrected chi connectivity index (χ1v) is 8.16. The normalized spacial score (nSPS) is 13.4.